The number of nitrogens with one attached hydrogen (secondary N) is 2. The van der Waals surface area contributed by atoms with Gasteiger partial charge in [-0.2, -0.15) is 13.2 Å². The van der Waals surface area contributed by atoms with E-state index >= 15 is 0 Å². The number of rotatable bonds is 6. The van der Waals surface area contributed by atoms with Crippen LogP contribution in [0.1, 0.15) is 36.0 Å². The van der Waals surface area contributed by atoms with Gasteiger partial charge in [0, 0.05) is 29.3 Å². The van der Waals surface area contributed by atoms with Gasteiger partial charge in [0.2, 0.25) is 5.91 Å². The van der Waals surface area contributed by atoms with Crippen molar-refractivity contribution in [3.05, 3.63) is 48.2 Å². The van der Waals surface area contributed by atoms with Crippen molar-refractivity contribution in [2.24, 2.45) is 0 Å². The minimum Gasteiger partial charge on any atom is -0.325 e. The van der Waals surface area contributed by atoms with E-state index in [0.29, 0.717) is 17.9 Å². The zero-order valence-corrected chi connectivity index (χ0v) is 17.6. The molecule has 0 radical (unpaired) electrons. The van der Waals surface area contributed by atoms with Gasteiger partial charge in [-0.1, -0.05) is 18.9 Å². The molecule has 2 heterocycles. The number of aromatic nitrogens is 1. The Hall–Kier alpha value is -2.59. The fourth-order valence-electron chi connectivity index (χ4n) is 3.33. The number of nitrogens with zero attached hydrogens (tertiary/aromatic N) is 2. The molecular weight excluding hydrogens is 429 g/mol. The van der Waals surface area contributed by atoms with Crippen molar-refractivity contribution >= 4 is 35.0 Å². The van der Waals surface area contributed by atoms with E-state index in [0.717, 1.165) is 25.9 Å². The van der Waals surface area contributed by atoms with Gasteiger partial charge in [0.25, 0.3) is 5.91 Å². The third-order valence-corrected chi connectivity index (χ3v) is 5.45. The molecule has 1 fully saturated rings. The highest BCUT2D eigenvalue weighted by Crippen LogP contribution is 2.37. The zero-order chi connectivity index (χ0) is 22.3. The summed E-state index contributed by atoms with van der Waals surface area (Å²) in [6.07, 6.45) is 5.72. The van der Waals surface area contributed by atoms with Crippen LogP contribution in [0.3, 0.4) is 0 Å². The summed E-state index contributed by atoms with van der Waals surface area (Å²) < 4.78 is 38.2. The van der Waals surface area contributed by atoms with E-state index < -0.39 is 28.2 Å². The Morgan fingerprint density at radius 1 is 1.00 bits per heavy atom. The Labute approximate surface area is 182 Å². The Balaban J connectivity index is 1.63. The minimum atomic E-state index is -4.55. The first-order valence-corrected chi connectivity index (χ1v) is 10.8. The summed E-state index contributed by atoms with van der Waals surface area (Å²) >= 11 is -0.438. The molecule has 0 saturated carbocycles. The molecule has 3 rings (SSSR count). The van der Waals surface area contributed by atoms with Crippen molar-refractivity contribution in [3.8, 4) is 0 Å². The molecule has 1 aromatic carbocycles. The lowest BCUT2D eigenvalue weighted by atomic mass is 10.2. The van der Waals surface area contributed by atoms with E-state index in [9.17, 15) is 22.8 Å². The standard InChI is InChI=1S/C21H23F3N4O2S/c22-21(23,24)31-20-17(9-6-10-25-20)19(30)27-16-8-5-7-15(13-16)26-18(29)14-28-11-3-1-2-4-12-28/h5-10,13H,1-4,11-12,14H2,(H,26,29)(H,27,30). The molecule has 2 N–H and O–H groups in total. The maximum atomic E-state index is 12.7. The van der Waals surface area contributed by atoms with Gasteiger partial charge in [0.15, 0.2) is 0 Å². The van der Waals surface area contributed by atoms with Crippen molar-refractivity contribution < 1.29 is 22.8 Å². The van der Waals surface area contributed by atoms with Crippen molar-refractivity contribution in [1.29, 1.82) is 0 Å². The Morgan fingerprint density at radius 3 is 2.35 bits per heavy atom. The number of hydrogen-bond donors (Lipinski definition) is 2. The van der Waals surface area contributed by atoms with Gasteiger partial charge in [-0.25, -0.2) is 4.98 Å². The quantitative estimate of drug-likeness (QED) is 0.618. The molecule has 0 unspecified atom stereocenters. The normalized spacial score (nSPS) is 15.2. The third-order valence-electron chi connectivity index (χ3n) is 4.70. The van der Waals surface area contributed by atoms with Crippen LogP contribution in [0.5, 0.6) is 0 Å². The zero-order valence-electron chi connectivity index (χ0n) is 16.7. The van der Waals surface area contributed by atoms with Gasteiger partial charge in [-0.3, -0.25) is 14.5 Å². The summed E-state index contributed by atoms with van der Waals surface area (Å²) in [4.78, 5) is 30.7. The lowest BCUT2D eigenvalue weighted by Crippen LogP contribution is -2.33. The highest BCUT2D eigenvalue weighted by atomic mass is 32.2. The maximum absolute atomic E-state index is 12.7. The maximum Gasteiger partial charge on any atom is 0.447 e. The lowest BCUT2D eigenvalue weighted by molar-refractivity contribution is -0.117. The van der Waals surface area contributed by atoms with E-state index in [4.69, 9.17) is 0 Å². The van der Waals surface area contributed by atoms with Crippen LogP contribution in [0.25, 0.3) is 0 Å². The average Bonchev–Trinajstić information content (AvgIpc) is 2.96. The molecule has 6 nitrogen and oxygen atoms in total. The molecule has 2 amide bonds. The van der Waals surface area contributed by atoms with Crippen LogP contribution in [0.15, 0.2) is 47.6 Å². The van der Waals surface area contributed by atoms with Crippen LogP contribution in [-0.4, -0.2) is 46.8 Å². The van der Waals surface area contributed by atoms with E-state index in [2.05, 4.69) is 20.5 Å². The smallest absolute Gasteiger partial charge is 0.325 e. The number of carbonyl (C=O) groups excluding carboxylic acids is 2. The van der Waals surface area contributed by atoms with Crippen molar-refractivity contribution in [2.45, 2.75) is 36.2 Å². The first-order valence-electron chi connectivity index (χ1n) is 9.94. The highest BCUT2D eigenvalue weighted by molar-refractivity contribution is 8.00. The third kappa shape index (κ3) is 7.55. The summed E-state index contributed by atoms with van der Waals surface area (Å²) in [5.74, 6) is -0.866. The summed E-state index contributed by atoms with van der Waals surface area (Å²) in [6.45, 7) is 2.09. The number of amides is 2. The molecule has 0 spiro atoms. The van der Waals surface area contributed by atoms with Crippen LogP contribution in [0, 0.1) is 0 Å². The average molecular weight is 453 g/mol. The summed E-state index contributed by atoms with van der Waals surface area (Å²) in [5.41, 5.74) is -3.89. The minimum absolute atomic E-state index is 0.151. The SMILES string of the molecule is O=C(CN1CCCCCC1)Nc1cccc(NC(=O)c2cccnc2SC(F)(F)F)c1. The van der Waals surface area contributed by atoms with Crippen molar-refractivity contribution in [2.75, 3.05) is 30.3 Å². The predicted molar refractivity (Wildman–Crippen MR) is 114 cm³/mol. The number of anilines is 2. The fourth-order valence-corrected chi connectivity index (χ4v) is 3.93. The molecule has 1 aliphatic heterocycles. The summed E-state index contributed by atoms with van der Waals surface area (Å²) in [7, 11) is 0. The van der Waals surface area contributed by atoms with Crippen molar-refractivity contribution in [1.82, 2.24) is 9.88 Å². The number of alkyl halides is 3. The Kier molecular flexibility index (Phi) is 7.91. The van der Waals surface area contributed by atoms with Crippen LogP contribution < -0.4 is 10.6 Å². The predicted octanol–water partition coefficient (Wildman–Crippen LogP) is 4.76. The molecule has 0 bridgehead atoms. The second-order valence-corrected chi connectivity index (χ2v) is 8.23. The molecule has 10 heteroatoms. The molecular formula is C21H23F3N4O2S. The molecule has 31 heavy (non-hydrogen) atoms. The molecule has 0 aliphatic carbocycles. The summed E-state index contributed by atoms with van der Waals surface area (Å²) in [6, 6.07) is 9.16. The van der Waals surface area contributed by atoms with Crippen LogP contribution in [0.2, 0.25) is 0 Å². The first kappa shape index (κ1) is 23.1. The summed E-state index contributed by atoms with van der Waals surface area (Å²) in [5, 5.41) is 4.95. The van der Waals surface area contributed by atoms with E-state index in [1.807, 2.05) is 0 Å². The monoisotopic (exact) mass is 452 g/mol. The molecule has 1 aromatic heterocycles. The number of pyridine rings is 1. The van der Waals surface area contributed by atoms with Crippen molar-refractivity contribution in [3.63, 3.8) is 0 Å². The fraction of sp³-hybridized carbons (Fsp3) is 0.381. The Morgan fingerprint density at radius 2 is 1.68 bits per heavy atom. The Bertz CT molecular complexity index is 915. The van der Waals surface area contributed by atoms with Gasteiger partial charge >= 0.3 is 5.51 Å². The topological polar surface area (TPSA) is 74.3 Å². The van der Waals surface area contributed by atoms with Gasteiger partial charge in [0.05, 0.1) is 12.1 Å². The van der Waals surface area contributed by atoms with Crippen LogP contribution in [-0.2, 0) is 4.79 Å². The second kappa shape index (κ2) is 10.6. The highest BCUT2D eigenvalue weighted by Gasteiger charge is 2.32. The number of likely N-dealkylation sites (tertiary alicyclic amines) is 1. The number of halogens is 3. The first-order chi connectivity index (χ1) is 14.8. The molecule has 1 saturated heterocycles. The van der Waals surface area contributed by atoms with Gasteiger partial charge < -0.3 is 10.6 Å². The number of carbonyl (C=O) groups is 2. The molecule has 2 aromatic rings. The number of thioether (sulfide) groups is 1. The lowest BCUT2D eigenvalue weighted by Gasteiger charge is -2.19. The van der Waals surface area contributed by atoms with Gasteiger partial charge in [-0.05, 0) is 56.3 Å². The van der Waals surface area contributed by atoms with Gasteiger partial charge in [-0.15, -0.1) is 0 Å². The van der Waals surface area contributed by atoms with E-state index in [-0.39, 0.29) is 11.5 Å². The van der Waals surface area contributed by atoms with Gasteiger partial charge in [0.1, 0.15) is 5.03 Å². The van der Waals surface area contributed by atoms with Crippen LogP contribution >= 0.6 is 11.8 Å². The molecule has 1 aliphatic rings. The second-order valence-electron chi connectivity index (χ2n) is 7.18. The molecule has 0 atom stereocenters. The molecule has 166 valence electrons. The van der Waals surface area contributed by atoms with Crippen LogP contribution in [0.4, 0.5) is 24.5 Å². The largest absolute Gasteiger partial charge is 0.447 e. The number of hydrogen-bond acceptors (Lipinski definition) is 5. The number of benzene rings is 1. The van der Waals surface area contributed by atoms with E-state index in [1.165, 1.54) is 31.2 Å². The van der Waals surface area contributed by atoms with E-state index in [1.54, 1.807) is 24.3 Å².